The summed E-state index contributed by atoms with van der Waals surface area (Å²) in [5.41, 5.74) is 3.26. The van der Waals surface area contributed by atoms with Gasteiger partial charge in [-0.2, -0.15) is 0 Å². The van der Waals surface area contributed by atoms with Crippen LogP contribution >= 0.6 is 0 Å². The van der Waals surface area contributed by atoms with Gasteiger partial charge >= 0.3 is 6.03 Å². The number of ether oxygens (including phenoxy) is 1. The highest BCUT2D eigenvalue weighted by Gasteiger charge is 2.46. The van der Waals surface area contributed by atoms with Crippen LogP contribution in [0.25, 0.3) is 5.65 Å². The Bertz CT molecular complexity index is 1720. The van der Waals surface area contributed by atoms with Crippen LogP contribution in [0, 0.1) is 12.8 Å². The Morgan fingerprint density at radius 1 is 1.12 bits per heavy atom. The normalized spacial score (nSPS) is 20.1. The molecule has 3 aliphatic rings. The van der Waals surface area contributed by atoms with Gasteiger partial charge in [-0.1, -0.05) is 0 Å². The van der Waals surface area contributed by atoms with Crippen LogP contribution in [-0.4, -0.2) is 65.7 Å². The van der Waals surface area contributed by atoms with Gasteiger partial charge in [-0.3, -0.25) is 23.8 Å². The second-order valence-electron chi connectivity index (χ2n) is 10.7. The highest BCUT2D eigenvalue weighted by atomic mass is 16.5. The molecule has 5 heterocycles. The van der Waals surface area contributed by atoms with Crippen molar-refractivity contribution in [1.29, 1.82) is 0 Å². The number of rotatable bonds is 8. The Hall–Kier alpha value is -4.94. The number of nitrogens with one attached hydrogen (secondary N) is 1. The number of hydrogen-bond acceptors (Lipinski definition) is 9. The number of imide groups is 1. The second-order valence-corrected chi connectivity index (χ2v) is 10.7. The van der Waals surface area contributed by atoms with Crippen molar-refractivity contribution in [2.24, 2.45) is 5.92 Å². The molecule has 0 unspecified atom stereocenters. The minimum atomic E-state index is -0.366. The van der Waals surface area contributed by atoms with Crippen molar-refractivity contribution < 1.29 is 19.1 Å². The summed E-state index contributed by atoms with van der Waals surface area (Å²) < 4.78 is 7.70. The molecular weight excluding hydrogens is 526 g/mol. The molecule has 7 rings (SSSR count). The number of anilines is 2. The fraction of sp³-hybridized carbons (Fsp3) is 0.357. The van der Waals surface area contributed by atoms with Gasteiger partial charge in [0, 0.05) is 43.0 Å². The van der Waals surface area contributed by atoms with Crippen molar-refractivity contribution in [2.75, 3.05) is 23.8 Å². The molecular formula is C28H27N9O4. The summed E-state index contributed by atoms with van der Waals surface area (Å²) in [5, 5.41) is 2.84. The van der Waals surface area contributed by atoms with Crippen molar-refractivity contribution in [3.63, 3.8) is 0 Å². The molecule has 4 amide bonds. The summed E-state index contributed by atoms with van der Waals surface area (Å²) in [5.74, 6) is 1.73. The predicted octanol–water partition coefficient (Wildman–Crippen LogP) is 2.82. The quantitative estimate of drug-likeness (QED) is 0.325. The molecule has 1 N–H and O–H groups in total. The maximum Gasteiger partial charge on any atom is 0.332 e. The fourth-order valence-electron chi connectivity index (χ4n) is 5.12. The first-order valence-corrected chi connectivity index (χ1v) is 13.5. The molecule has 41 heavy (non-hydrogen) atoms. The molecule has 0 radical (unpaired) electrons. The molecule has 13 heteroatoms. The first-order chi connectivity index (χ1) is 19.8. The average Bonchev–Trinajstić information content (AvgIpc) is 3.89. The van der Waals surface area contributed by atoms with Gasteiger partial charge in [0.15, 0.2) is 0 Å². The highest BCUT2D eigenvalue weighted by molar-refractivity contribution is 6.11. The van der Waals surface area contributed by atoms with E-state index in [1.165, 1.54) is 18.3 Å². The van der Waals surface area contributed by atoms with Crippen LogP contribution in [-0.2, 0) is 16.2 Å². The molecule has 0 bridgehead atoms. The first kappa shape index (κ1) is 25.1. The lowest BCUT2D eigenvalue weighted by Crippen LogP contribution is -2.31. The van der Waals surface area contributed by atoms with E-state index in [9.17, 15) is 14.4 Å². The molecule has 0 spiro atoms. The fourth-order valence-corrected chi connectivity index (χ4v) is 5.12. The predicted molar refractivity (Wildman–Crippen MR) is 145 cm³/mol. The molecule has 13 nitrogen and oxygen atoms in total. The van der Waals surface area contributed by atoms with Crippen LogP contribution in [0.2, 0.25) is 0 Å². The van der Waals surface area contributed by atoms with Crippen LogP contribution in [0.1, 0.15) is 53.9 Å². The van der Waals surface area contributed by atoms with Gasteiger partial charge < -0.3 is 10.1 Å². The largest absolute Gasteiger partial charge is 0.471 e. The monoisotopic (exact) mass is 553 g/mol. The van der Waals surface area contributed by atoms with Gasteiger partial charge in [-0.25, -0.2) is 29.7 Å². The smallest absolute Gasteiger partial charge is 0.332 e. The van der Waals surface area contributed by atoms with E-state index in [0.717, 1.165) is 29.0 Å². The van der Waals surface area contributed by atoms with Gasteiger partial charge in [0.25, 0.3) is 5.91 Å². The molecule has 0 aromatic carbocycles. The van der Waals surface area contributed by atoms with Crippen LogP contribution in [0.3, 0.4) is 0 Å². The van der Waals surface area contributed by atoms with E-state index in [2.05, 4.69) is 25.3 Å². The summed E-state index contributed by atoms with van der Waals surface area (Å²) in [6.45, 7) is 1.99. The average molecular weight is 554 g/mol. The summed E-state index contributed by atoms with van der Waals surface area (Å²) in [6.07, 6.45) is 7.70. The standard InChI is InChI=1S/C28H27N9O4/c1-15-5-6-29-26(32-15)19-9-20(19)27(39)34-21-10-23(31-14-30-21)41-13-18-11-36-22(33-18)7-17(16-3-4-16)8-24(36)37-12-25(38)35(2)28(37)40/h5-8,10-11,14,16,19-20H,3-4,9,12-13H2,1-2H3,(H,30,31,34,39)/t19-,20-/m0/s1. The van der Waals surface area contributed by atoms with E-state index < -0.39 is 0 Å². The second kappa shape index (κ2) is 9.61. The Morgan fingerprint density at radius 3 is 2.73 bits per heavy atom. The molecule has 208 valence electrons. The van der Waals surface area contributed by atoms with Crippen molar-refractivity contribution >= 4 is 35.1 Å². The van der Waals surface area contributed by atoms with Gasteiger partial charge in [0.2, 0.25) is 11.8 Å². The van der Waals surface area contributed by atoms with Gasteiger partial charge in [-0.15, -0.1) is 0 Å². The number of urea groups is 1. The molecule has 2 aliphatic carbocycles. The molecule has 1 aliphatic heterocycles. The molecule has 1 saturated heterocycles. The molecule has 3 fully saturated rings. The first-order valence-electron chi connectivity index (χ1n) is 13.5. The van der Waals surface area contributed by atoms with Crippen LogP contribution in [0.4, 0.5) is 16.4 Å². The van der Waals surface area contributed by atoms with Crippen LogP contribution in [0.5, 0.6) is 5.88 Å². The third-order valence-corrected chi connectivity index (χ3v) is 7.67. The lowest BCUT2D eigenvalue weighted by molar-refractivity contribution is -0.124. The molecule has 2 saturated carbocycles. The maximum atomic E-state index is 12.8. The lowest BCUT2D eigenvalue weighted by Gasteiger charge is -2.17. The summed E-state index contributed by atoms with van der Waals surface area (Å²) in [4.78, 5) is 62.1. The summed E-state index contributed by atoms with van der Waals surface area (Å²) in [7, 11) is 1.49. The van der Waals surface area contributed by atoms with E-state index in [1.807, 2.05) is 29.5 Å². The summed E-state index contributed by atoms with van der Waals surface area (Å²) >= 11 is 0. The Morgan fingerprint density at radius 2 is 1.98 bits per heavy atom. The van der Waals surface area contributed by atoms with Crippen molar-refractivity contribution in [3.8, 4) is 5.88 Å². The maximum absolute atomic E-state index is 12.8. The minimum absolute atomic E-state index is 0.00204. The van der Waals surface area contributed by atoms with Gasteiger partial charge in [0.05, 0.1) is 5.69 Å². The lowest BCUT2D eigenvalue weighted by atomic mass is 10.1. The van der Waals surface area contributed by atoms with Gasteiger partial charge in [0.1, 0.15) is 42.6 Å². The van der Waals surface area contributed by atoms with Crippen molar-refractivity contribution in [1.82, 2.24) is 34.2 Å². The molecule has 4 aromatic heterocycles. The zero-order valence-corrected chi connectivity index (χ0v) is 22.5. The van der Waals surface area contributed by atoms with E-state index in [-0.39, 0.29) is 48.7 Å². The topological polar surface area (TPSA) is 148 Å². The van der Waals surface area contributed by atoms with Crippen LogP contribution < -0.4 is 15.0 Å². The SMILES string of the molecule is Cc1ccnc([C@H]2C[C@@H]2C(=O)Nc2cc(OCc3cn4c(N5CC(=O)N(C)C5=O)cc(C5CC5)cc4n3)ncn2)n1. The summed E-state index contributed by atoms with van der Waals surface area (Å²) in [6, 6.07) is 7.01. The number of carbonyl (C=O) groups is 3. The molecule has 4 aromatic rings. The van der Waals surface area contributed by atoms with Gasteiger partial charge in [-0.05, 0) is 55.9 Å². The Balaban J connectivity index is 1.05. The number of fused-ring (bicyclic) bond motifs is 1. The number of nitrogens with zero attached hydrogens (tertiary/aromatic N) is 8. The number of pyridine rings is 1. The van der Waals surface area contributed by atoms with Crippen molar-refractivity contribution in [3.05, 3.63) is 65.8 Å². The Labute approximate surface area is 234 Å². The third-order valence-electron chi connectivity index (χ3n) is 7.67. The number of imidazole rings is 1. The highest BCUT2D eigenvalue weighted by Crippen LogP contribution is 2.46. The zero-order chi connectivity index (χ0) is 28.2. The number of likely N-dealkylation sites (N-methyl/N-ethyl adjacent to an activating group) is 1. The number of carbonyl (C=O) groups excluding carboxylic acids is 3. The molecule has 2 atom stereocenters. The Kier molecular flexibility index (Phi) is 5.87. The zero-order valence-electron chi connectivity index (χ0n) is 22.5. The minimum Gasteiger partial charge on any atom is -0.471 e. The van der Waals surface area contributed by atoms with Crippen molar-refractivity contribution in [2.45, 2.75) is 44.6 Å². The van der Waals surface area contributed by atoms with E-state index in [0.29, 0.717) is 41.1 Å². The number of hydrogen-bond donors (Lipinski definition) is 1. The third kappa shape index (κ3) is 4.83. The van der Waals surface area contributed by atoms with E-state index in [1.54, 1.807) is 18.5 Å². The number of aryl methyl sites for hydroxylation is 1. The van der Waals surface area contributed by atoms with E-state index in [4.69, 9.17) is 9.72 Å². The number of amides is 4. The number of aromatic nitrogens is 6. The van der Waals surface area contributed by atoms with E-state index >= 15 is 0 Å². The van der Waals surface area contributed by atoms with Crippen LogP contribution in [0.15, 0.2) is 43.0 Å².